The average molecular weight is 364 g/mol. The van der Waals surface area contributed by atoms with Gasteiger partial charge in [0.2, 0.25) is 0 Å². The number of halogens is 1. The molecule has 0 radical (unpaired) electrons. The van der Waals surface area contributed by atoms with Crippen LogP contribution in [0.4, 0.5) is 0 Å². The summed E-state index contributed by atoms with van der Waals surface area (Å²) >= 11 is 3.50. The molecular formula is C17H22BrN3O. The molecule has 2 aromatic heterocycles. The molecule has 2 aromatic rings. The van der Waals surface area contributed by atoms with E-state index in [-0.39, 0.29) is 5.91 Å². The zero-order chi connectivity index (χ0) is 15.7. The van der Waals surface area contributed by atoms with Crippen molar-refractivity contribution in [1.29, 1.82) is 0 Å². The molecule has 1 saturated heterocycles. The molecule has 1 atom stereocenters. The first-order chi connectivity index (χ1) is 10.6. The highest BCUT2D eigenvalue weighted by Crippen LogP contribution is 2.24. The number of piperidine rings is 1. The lowest BCUT2D eigenvalue weighted by atomic mass is 10.0. The van der Waals surface area contributed by atoms with E-state index in [1.54, 1.807) is 0 Å². The third-order valence-corrected chi connectivity index (χ3v) is 4.88. The molecule has 0 saturated carbocycles. The van der Waals surface area contributed by atoms with Crippen LogP contribution in [0.5, 0.6) is 0 Å². The van der Waals surface area contributed by atoms with Gasteiger partial charge < -0.3 is 4.90 Å². The number of aryl methyl sites for hydroxylation is 1. The van der Waals surface area contributed by atoms with Crippen LogP contribution in [-0.4, -0.2) is 32.8 Å². The maximum absolute atomic E-state index is 13.1. The summed E-state index contributed by atoms with van der Waals surface area (Å²) in [4.78, 5) is 19.8. The Morgan fingerprint density at radius 2 is 2.23 bits per heavy atom. The molecule has 0 N–H and O–H groups in total. The standard InChI is InChI=1S/C17H22BrN3O/c1-3-6-14-16(17(22)20-10-5-4-7-12(20)2)21-11-13(18)8-9-15(21)19-14/h8-9,11-12H,3-7,10H2,1-2H3. The number of imidazole rings is 1. The number of carbonyl (C=O) groups is 1. The van der Waals surface area contributed by atoms with Crippen molar-refractivity contribution in [2.75, 3.05) is 6.54 Å². The molecule has 1 amide bonds. The van der Waals surface area contributed by atoms with Crippen LogP contribution in [0.25, 0.3) is 5.65 Å². The molecule has 1 unspecified atom stereocenters. The third kappa shape index (κ3) is 2.78. The molecule has 22 heavy (non-hydrogen) atoms. The van der Waals surface area contributed by atoms with Crippen LogP contribution in [0.2, 0.25) is 0 Å². The molecule has 1 aliphatic heterocycles. The Morgan fingerprint density at radius 3 is 2.95 bits per heavy atom. The number of hydrogen-bond donors (Lipinski definition) is 0. The fourth-order valence-corrected chi connectivity index (χ4v) is 3.58. The number of fused-ring (bicyclic) bond motifs is 1. The number of carbonyl (C=O) groups excluding carboxylic acids is 1. The number of pyridine rings is 1. The van der Waals surface area contributed by atoms with E-state index in [2.05, 4.69) is 34.8 Å². The van der Waals surface area contributed by atoms with E-state index in [1.807, 2.05) is 27.6 Å². The molecular weight excluding hydrogens is 342 g/mol. The Hall–Kier alpha value is -1.36. The number of nitrogens with zero attached hydrogens (tertiary/aromatic N) is 3. The van der Waals surface area contributed by atoms with Crippen LogP contribution in [0.3, 0.4) is 0 Å². The predicted octanol–water partition coefficient (Wildman–Crippen LogP) is 4.06. The van der Waals surface area contributed by atoms with Gasteiger partial charge >= 0.3 is 0 Å². The molecule has 1 fully saturated rings. The summed E-state index contributed by atoms with van der Waals surface area (Å²) in [6, 6.07) is 4.24. The Balaban J connectivity index is 2.08. The topological polar surface area (TPSA) is 37.6 Å². The number of aromatic nitrogens is 2. The van der Waals surface area contributed by atoms with Crippen LogP contribution >= 0.6 is 15.9 Å². The highest BCUT2D eigenvalue weighted by atomic mass is 79.9. The molecule has 0 bridgehead atoms. The van der Waals surface area contributed by atoms with Crippen molar-refractivity contribution >= 4 is 27.5 Å². The largest absolute Gasteiger partial charge is 0.335 e. The zero-order valence-electron chi connectivity index (χ0n) is 13.2. The minimum absolute atomic E-state index is 0.126. The van der Waals surface area contributed by atoms with Crippen LogP contribution < -0.4 is 0 Å². The molecule has 4 nitrogen and oxygen atoms in total. The molecule has 0 aliphatic carbocycles. The summed E-state index contributed by atoms with van der Waals surface area (Å²) < 4.78 is 2.90. The van der Waals surface area contributed by atoms with E-state index in [0.29, 0.717) is 6.04 Å². The first-order valence-electron chi connectivity index (χ1n) is 8.09. The predicted molar refractivity (Wildman–Crippen MR) is 91.2 cm³/mol. The number of rotatable bonds is 3. The second-order valence-electron chi connectivity index (χ2n) is 6.08. The second kappa shape index (κ2) is 6.41. The monoisotopic (exact) mass is 363 g/mol. The van der Waals surface area contributed by atoms with Gasteiger partial charge in [-0.3, -0.25) is 9.20 Å². The minimum Gasteiger partial charge on any atom is -0.335 e. The first-order valence-corrected chi connectivity index (χ1v) is 8.88. The molecule has 118 valence electrons. The fourth-order valence-electron chi connectivity index (χ4n) is 3.24. The molecule has 3 heterocycles. The molecule has 3 rings (SSSR count). The van der Waals surface area contributed by atoms with Gasteiger partial charge in [-0.05, 0) is 60.7 Å². The number of amides is 1. The molecule has 0 aromatic carbocycles. The van der Waals surface area contributed by atoms with E-state index in [4.69, 9.17) is 0 Å². The van der Waals surface area contributed by atoms with Crippen molar-refractivity contribution in [3.8, 4) is 0 Å². The lowest BCUT2D eigenvalue weighted by Gasteiger charge is -2.33. The van der Waals surface area contributed by atoms with Crippen molar-refractivity contribution in [1.82, 2.24) is 14.3 Å². The van der Waals surface area contributed by atoms with Gasteiger partial charge in [-0.25, -0.2) is 4.98 Å². The third-order valence-electron chi connectivity index (χ3n) is 4.41. The Kier molecular flexibility index (Phi) is 4.52. The van der Waals surface area contributed by atoms with Gasteiger partial charge in [-0.15, -0.1) is 0 Å². The summed E-state index contributed by atoms with van der Waals surface area (Å²) in [5.74, 6) is 0.126. The van der Waals surface area contributed by atoms with Gasteiger partial charge in [0.05, 0.1) is 5.69 Å². The van der Waals surface area contributed by atoms with E-state index in [0.717, 1.165) is 53.7 Å². The lowest BCUT2D eigenvalue weighted by Crippen LogP contribution is -2.42. The number of likely N-dealkylation sites (tertiary alicyclic amines) is 1. The summed E-state index contributed by atoms with van der Waals surface area (Å²) in [7, 11) is 0. The van der Waals surface area contributed by atoms with Gasteiger partial charge in [0, 0.05) is 23.3 Å². The van der Waals surface area contributed by atoms with Gasteiger partial charge in [0.15, 0.2) is 0 Å². The van der Waals surface area contributed by atoms with Crippen molar-refractivity contribution < 1.29 is 4.79 Å². The summed E-state index contributed by atoms with van der Waals surface area (Å²) in [6.07, 6.45) is 7.17. The summed E-state index contributed by atoms with van der Waals surface area (Å²) in [5.41, 5.74) is 2.51. The SMILES string of the molecule is CCCc1nc2ccc(Br)cn2c1C(=O)N1CCCCC1C. The Morgan fingerprint density at radius 1 is 1.41 bits per heavy atom. The average Bonchev–Trinajstić information content (AvgIpc) is 2.84. The van der Waals surface area contributed by atoms with Crippen molar-refractivity contribution in [3.05, 3.63) is 34.2 Å². The normalized spacial score (nSPS) is 18.9. The zero-order valence-corrected chi connectivity index (χ0v) is 14.8. The highest BCUT2D eigenvalue weighted by molar-refractivity contribution is 9.10. The van der Waals surface area contributed by atoms with E-state index in [1.165, 1.54) is 6.42 Å². The maximum Gasteiger partial charge on any atom is 0.273 e. The summed E-state index contributed by atoms with van der Waals surface area (Å²) in [5, 5.41) is 0. The van der Waals surface area contributed by atoms with Crippen LogP contribution in [0.15, 0.2) is 22.8 Å². The van der Waals surface area contributed by atoms with Crippen molar-refractivity contribution in [2.24, 2.45) is 0 Å². The molecule has 0 spiro atoms. The highest BCUT2D eigenvalue weighted by Gasteiger charge is 2.28. The Labute approximate surface area is 139 Å². The lowest BCUT2D eigenvalue weighted by molar-refractivity contribution is 0.0627. The maximum atomic E-state index is 13.1. The summed E-state index contributed by atoms with van der Waals surface area (Å²) in [6.45, 7) is 5.13. The van der Waals surface area contributed by atoms with Crippen LogP contribution in [0, 0.1) is 0 Å². The second-order valence-corrected chi connectivity index (χ2v) is 6.99. The van der Waals surface area contributed by atoms with Crippen LogP contribution in [0.1, 0.15) is 55.7 Å². The fraction of sp³-hybridized carbons (Fsp3) is 0.529. The quantitative estimate of drug-likeness (QED) is 0.824. The van der Waals surface area contributed by atoms with E-state index in [9.17, 15) is 4.79 Å². The van der Waals surface area contributed by atoms with Crippen molar-refractivity contribution in [3.63, 3.8) is 0 Å². The molecule has 1 aliphatic rings. The van der Waals surface area contributed by atoms with E-state index >= 15 is 0 Å². The van der Waals surface area contributed by atoms with Gasteiger partial charge in [0.1, 0.15) is 11.3 Å². The smallest absolute Gasteiger partial charge is 0.273 e. The Bertz CT molecular complexity index is 695. The van der Waals surface area contributed by atoms with Gasteiger partial charge in [0.25, 0.3) is 5.91 Å². The van der Waals surface area contributed by atoms with Gasteiger partial charge in [-0.2, -0.15) is 0 Å². The number of hydrogen-bond acceptors (Lipinski definition) is 2. The van der Waals surface area contributed by atoms with E-state index < -0.39 is 0 Å². The first kappa shape index (κ1) is 15.5. The van der Waals surface area contributed by atoms with Crippen LogP contribution in [-0.2, 0) is 6.42 Å². The molecule has 5 heteroatoms. The van der Waals surface area contributed by atoms with Gasteiger partial charge in [-0.1, -0.05) is 13.3 Å². The minimum atomic E-state index is 0.126. The van der Waals surface area contributed by atoms with Crippen molar-refractivity contribution in [2.45, 2.75) is 52.0 Å².